The predicted octanol–water partition coefficient (Wildman–Crippen LogP) is 1.69. The second kappa shape index (κ2) is 9.21. The number of rotatable bonds is 6. The van der Waals surface area contributed by atoms with Crippen molar-refractivity contribution in [2.24, 2.45) is 12.0 Å². The van der Waals surface area contributed by atoms with E-state index in [1.165, 1.54) is 11.3 Å². The van der Waals surface area contributed by atoms with E-state index in [4.69, 9.17) is 0 Å². The van der Waals surface area contributed by atoms with E-state index in [0.29, 0.717) is 12.1 Å². The van der Waals surface area contributed by atoms with Crippen LogP contribution in [0, 0.1) is 13.8 Å². The van der Waals surface area contributed by atoms with E-state index < -0.39 is 0 Å². The lowest BCUT2D eigenvalue weighted by atomic mass is 10.1. The third kappa shape index (κ3) is 5.32. The third-order valence-electron chi connectivity index (χ3n) is 4.68. The molecule has 0 saturated heterocycles. The zero-order valence-electron chi connectivity index (χ0n) is 17.1. The molecule has 1 atom stereocenters. The van der Waals surface area contributed by atoms with E-state index in [2.05, 4.69) is 39.9 Å². The molecule has 0 spiro atoms. The smallest absolute Gasteiger partial charge is 0.251 e. The first-order chi connectivity index (χ1) is 12.8. The van der Waals surface area contributed by atoms with Gasteiger partial charge in [0.25, 0.3) is 5.91 Å². The van der Waals surface area contributed by atoms with Crippen molar-refractivity contribution in [2.75, 3.05) is 14.1 Å². The standard InChI is InChI=1S/C20H30N6O/c1-13(11-18-14(2)25-26(6)15(18)3)24-20(22-5)23-12-16-7-9-17(10-8-16)19(27)21-4/h7-10,13H,11-12H2,1-6H3,(H,21,27)(H2,22,23,24). The summed E-state index contributed by atoms with van der Waals surface area (Å²) in [7, 11) is 5.36. The number of aromatic nitrogens is 2. The minimum absolute atomic E-state index is 0.0817. The Bertz CT molecular complexity index is 807. The minimum atomic E-state index is -0.0817. The van der Waals surface area contributed by atoms with Gasteiger partial charge in [-0.15, -0.1) is 0 Å². The molecule has 7 nitrogen and oxygen atoms in total. The number of benzene rings is 1. The van der Waals surface area contributed by atoms with Gasteiger partial charge in [-0.1, -0.05) is 12.1 Å². The molecule has 0 aliphatic carbocycles. The van der Waals surface area contributed by atoms with Gasteiger partial charge in [0.05, 0.1) is 5.69 Å². The summed E-state index contributed by atoms with van der Waals surface area (Å²) in [4.78, 5) is 15.9. The van der Waals surface area contributed by atoms with Crippen LogP contribution in [0.2, 0.25) is 0 Å². The lowest BCUT2D eigenvalue weighted by Crippen LogP contribution is -2.42. The quantitative estimate of drug-likeness (QED) is 0.534. The summed E-state index contributed by atoms with van der Waals surface area (Å²) in [6, 6.07) is 7.74. The molecule has 0 radical (unpaired) electrons. The Labute approximate surface area is 161 Å². The third-order valence-corrected chi connectivity index (χ3v) is 4.68. The van der Waals surface area contributed by atoms with E-state index in [1.54, 1.807) is 14.1 Å². The fourth-order valence-electron chi connectivity index (χ4n) is 3.00. The van der Waals surface area contributed by atoms with Gasteiger partial charge in [0.1, 0.15) is 0 Å². The Balaban J connectivity index is 1.90. The highest BCUT2D eigenvalue weighted by Crippen LogP contribution is 2.14. The summed E-state index contributed by atoms with van der Waals surface area (Å²) in [6.07, 6.45) is 0.882. The number of carbonyl (C=O) groups excluding carboxylic acids is 1. The molecule has 1 aromatic carbocycles. The normalized spacial score (nSPS) is 12.6. The number of nitrogens with one attached hydrogen (secondary N) is 3. The molecule has 0 aliphatic heterocycles. The Hall–Kier alpha value is -2.83. The van der Waals surface area contributed by atoms with Crippen LogP contribution < -0.4 is 16.0 Å². The maximum absolute atomic E-state index is 11.6. The zero-order chi connectivity index (χ0) is 20.0. The number of aliphatic imine (C=N–C) groups is 1. The average Bonchev–Trinajstić information content (AvgIpc) is 2.90. The van der Waals surface area contributed by atoms with Crippen molar-refractivity contribution in [1.29, 1.82) is 0 Å². The van der Waals surface area contributed by atoms with Gasteiger partial charge in [-0.3, -0.25) is 14.5 Å². The van der Waals surface area contributed by atoms with Gasteiger partial charge in [-0.2, -0.15) is 5.10 Å². The first-order valence-electron chi connectivity index (χ1n) is 9.13. The van der Waals surface area contributed by atoms with Crippen LogP contribution in [0.5, 0.6) is 0 Å². The Morgan fingerprint density at radius 3 is 2.44 bits per heavy atom. The van der Waals surface area contributed by atoms with Crippen LogP contribution in [-0.4, -0.2) is 41.8 Å². The molecule has 2 aromatic rings. The molecule has 1 heterocycles. The second-order valence-electron chi connectivity index (χ2n) is 6.72. The molecule has 3 N–H and O–H groups in total. The van der Waals surface area contributed by atoms with E-state index in [1.807, 2.05) is 42.9 Å². The first kappa shape index (κ1) is 20.5. The fourth-order valence-corrected chi connectivity index (χ4v) is 3.00. The van der Waals surface area contributed by atoms with Crippen LogP contribution in [-0.2, 0) is 20.0 Å². The number of aryl methyl sites for hydroxylation is 2. The molecule has 0 aliphatic rings. The average molecular weight is 371 g/mol. The summed E-state index contributed by atoms with van der Waals surface area (Å²) in [5.41, 5.74) is 5.28. The largest absolute Gasteiger partial charge is 0.355 e. The van der Waals surface area contributed by atoms with E-state index in [9.17, 15) is 4.79 Å². The predicted molar refractivity (Wildman–Crippen MR) is 109 cm³/mol. The zero-order valence-corrected chi connectivity index (χ0v) is 17.1. The van der Waals surface area contributed by atoms with Crippen molar-refractivity contribution in [3.05, 3.63) is 52.3 Å². The fraction of sp³-hybridized carbons (Fsp3) is 0.450. The molecule has 27 heavy (non-hydrogen) atoms. The van der Waals surface area contributed by atoms with Gasteiger partial charge in [0, 0.05) is 45.0 Å². The van der Waals surface area contributed by atoms with Gasteiger partial charge in [-0.05, 0) is 50.5 Å². The van der Waals surface area contributed by atoms with E-state index in [-0.39, 0.29) is 11.9 Å². The van der Waals surface area contributed by atoms with Crippen molar-refractivity contribution in [3.8, 4) is 0 Å². The number of amides is 1. The summed E-state index contributed by atoms with van der Waals surface area (Å²) < 4.78 is 1.92. The molecule has 1 aromatic heterocycles. The summed E-state index contributed by atoms with van der Waals surface area (Å²) in [5, 5.41) is 13.8. The van der Waals surface area contributed by atoms with E-state index in [0.717, 1.165) is 23.6 Å². The summed E-state index contributed by atoms with van der Waals surface area (Å²) in [6.45, 7) is 6.91. The van der Waals surface area contributed by atoms with Gasteiger partial charge in [0.15, 0.2) is 5.96 Å². The monoisotopic (exact) mass is 370 g/mol. The lowest BCUT2D eigenvalue weighted by Gasteiger charge is -2.18. The number of carbonyl (C=O) groups is 1. The van der Waals surface area contributed by atoms with Crippen molar-refractivity contribution in [2.45, 2.75) is 39.8 Å². The highest BCUT2D eigenvalue weighted by atomic mass is 16.1. The van der Waals surface area contributed by atoms with Crippen molar-refractivity contribution in [3.63, 3.8) is 0 Å². The van der Waals surface area contributed by atoms with Gasteiger partial charge in [-0.25, -0.2) is 0 Å². The molecular weight excluding hydrogens is 340 g/mol. The SMILES string of the molecule is CN=C(NCc1ccc(C(=O)NC)cc1)NC(C)Cc1c(C)nn(C)c1C. The Kier molecular flexibility index (Phi) is 6.98. The van der Waals surface area contributed by atoms with Crippen LogP contribution in [0.4, 0.5) is 0 Å². The molecule has 146 valence electrons. The highest BCUT2D eigenvalue weighted by Gasteiger charge is 2.14. The maximum atomic E-state index is 11.6. The lowest BCUT2D eigenvalue weighted by molar-refractivity contribution is 0.0963. The number of hydrogen-bond donors (Lipinski definition) is 3. The van der Waals surface area contributed by atoms with Gasteiger partial charge in [0.2, 0.25) is 0 Å². The molecule has 7 heteroatoms. The maximum Gasteiger partial charge on any atom is 0.251 e. The van der Waals surface area contributed by atoms with Crippen LogP contribution >= 0.6 is 0 Å². The number of nitrogens with zero attached hydrogens (tertiary/aromatic N) is 3. The van der Waals surface area contributed by atoms with Crippen molar-refractivity contribution in [1.82, 2.24) is 25.7 Å². The molecular formula is C20H30N6O. The van der Waals surface area contributed by atoms with Crippen LogP contribution in [0.15, 0.2) is 29.3 Å². The Morgan fingerprint density at radius 1 is 1.26 bits per heavy atom. The first-order valence-corrected chi connectivity index (χ1v) is 9.13. The summed E-state index contributed by atoms with van der Waals surface area (Å²) in [5.74, 6) is 0.666. The molecule has 1 amide bonds. The molecule has 0 fully saturated rings. The Morgan fingerprint density at radius 2 is 1.93 bits per heavy atom. The van der Waals surface area contributed by atoms with Crippen LogP contribution in [0.1, 0.15) is 39.8 Å². The van der Waals surface area contributed by atoms with Crippen molar-refractivity contribution < 1.29 is 4.79 Å². The topological polar surface area (TPSA) is 83.3 Å². The van der Waals surface area contributed by atoms with Gasteiger partial charge < -0.3 is 16.0 Å². The van der Waals surface area contributed by atoms with Crippen molar-refractivity contribution >= 4 is 11.9 Å². The molecule has 1 unspecified atom stereocenters. The number of hydrogen-bond acceptors (Lipinski definition) is 3. The second-order valence-corrected chi connectivity index (χ2v) is 6.72. The summed E-state index contributed by atoms with van der Waals surface area (Å²) >= 11 is 0. The minimum Gasteiger partial charge on any atom is -0.355 e. The van der Waals surface area contributed by atoms with Gasteiger partial charge >= 0.3 is 0 Å². The van der Waals surface area contributed by atoms with Crippen LogP contribution in [0.25, 0.3) is 0 Å². The number of guanidine groups is 1. The molecule has 0 saturated carbocycles. The van der Waals surface area contributed by atoms with E-state index >= 15 is 0 Å². The molecule has 2 rings (SSSR count). The molecule has 0 bridgehead atoms. The van der Waals surface area contributed by atoms with Crippen LogP contribution in [0.3, 0.4) is 0 Å². The highest BCUT2D eigenvalue weighted by molar-refractivity contribution is 5.93.